The van der Waals surface area contributed by atoms with Crippen molar-refractivity contribution in [1.29, 1.82) is 0 Å². The second-order valence-corrected chi connectivity index (χ2v) is 6.87. The molecule has 9 heteroatoms. The summed E-state index contributed by atoms with van der Waals surface area (Å²) in [5, 5.41) is 0.174. The SMILES string of the molecule is O=C(NNS(=O)(=O)c1ccc(Cl)nc1)c1ccc(Br)cc1. The number of carbonyl (C=O) groups is 1. The number of halogens is 2. The molecule has 2 rings (SSSR count). The first-order valence-corrected chi connectivity index (χ1v) is 8.23. The van der Waals surface area contributed by atoms with Gasteiger partial charge in [-0.2, -0.15) is 0 Å². The highest BCUT2D eigenvalue weighted by Gasteiger charge is 2.16. The monoisotopic (exact) mass is 389 g/mol. The molecule has 21 heavy (non-hydrogen) atoms. The van der Waals surface area contributed by atoms with E-state index in [1.165, 1.54) is 12.1 Å². The van der Waals surface area contributed by atoms with E-state index in [0.717, 1.165) is 10.7 Å². The summed E-state index contributed by atoms with van der Waals surface area (Å²) in [5.41, 5.74) is 2.43. The van der Waals surface area contributed by atoms with E-state index < -0.39 is 15.9 Å². The standard InChI is InChI=1S/C12H9BrClN3O3S/c13-9-3-1-8(2-4-9)12(18)16-17-21(19,20)10-5-6-11(14)15-7-10/h1-7,17H,(H,16,18). The third kappa shape index (κ3) is 4.24. The van der Waals surface area contributed by atoms with Gasteiger partial charge in [-0.05, 0) is 36.4 Å². The Morgan fingerprint density at radius 3 is 2.38 bits per heavy atom. The van der Waals surface area contributed by atoms with Crippen LogP contribution in [0.5, 0.6) is 0 Å². The van der Waals surface area contributed by atoms with Gasteiger partial charge in [0.2, 0.25) is 0 Å². The van der Waals surface area contributed by atoms with Crippen molar-refractivity contribution in [2.75, 3.05) is 0 Å². The van der Waals surface area contributed by atoms with Crippen LogP contribution in [0.3, 0.4) is 0 Å². The Labute approximate surface area is 134 Å². The molecule has 0 fully saturated rings. The van der Waals surface area contributed by atoms with Gasteiger partial charge in [0.15, 0.2) is 0 Å². The van der Waals surface area contributed by atoms with Crippen molar-refractivity contribution < 1.29 is 13.2 Å². The number of pyridine rings is 1. The lowest BCUT2D eigenvalue weighted by molar-refractivity contribution is 0.0945. The van der Waals surface area contributed by atoms with Crippen molar-refractivity contribution in [3.63, 3.8) is 0 Å². The molecular formula is C12H9BrClN3O3S. The number of nitrogens with one attached hydrogen (secondary N) is 2. The molecule has 1 heterocycles. The van der Waals surface area contributed by atoms with Gasteiger partial charge < -0.3 is 0 Å². The maximum absolute atomic E-state index is 11.9. The zero-order chi connectivity index (χ0) is 15.5. The van der Waals surface area contributed by atoms with E-state index in [2.05, 4.69) is 26.3 Å². The van der Waals surface area contributed by atoms with Gasteiger partial charge in [-0.25, -0.2) is 13.4 Å². The fraction of sp³-hybridized carbons (Fsp3) is 0. The van der Waals surface area contributed by atoms with Crippen molar-refractivity contribution in [3.05, 3.63) is 57.8 Å². The predicted octanol–water partition coefficient (Wildman–Crippen LogP) is 2.12. The molecule has 2 N–H and O–H groups in total. The summed E-state index contributed by atoms with van der Waals surface area (Å²) in [7, 11) is -3.90. The molecule has 0 spiro atoms. The third-order valence-electron chi connectivity index (χ3n) is 2.42. The lowest BCUT2D eigenvalue weighted by atomic mass is 10.2. The van der Waals surface area contributed by atoms with Crippen LogP contribution >= 0.6 is 27.5 Å². The molecule has 0 saturated heterocycles. The molecule has 0 unspecified atom stereocenters. The highest BCUT2D eigenvalue weighted by molar-refractivity contribution is 9.10. The summed E-state index contributed by atoms with van der Waals surface area (Å²) in [6, 6.07) is 9.07. The first-order chi connectivity index (χ1) is 9.88. The lowest BCUT2D eigenvalue weighted by Crippen LogP contribution is -2.41. The zero-order valence-electron chi connectivity index (χ0n) is 10.4. The number of aromatic nitrogens is 1. The van der Waals surface area contributed by atoms with Gasteiger partial charge in [-0.1, -0.05) is 27.5 Å². The highest BCUT2D eigenvalue weighted by Crippen LogP contribution is 2.11. The average Bonchev–Trinajstić information content (AvgIpc) is 2.46. The summed E-state index contributed by atoms with van der Waals surface area (Å²) in [5.74, 6) is -0.576. The van der Waals surface area contributed by atoms with Crippen molar-refractivity contribution in [2.45, 2.75) is 4.90 Å². The zero-order valence-corrected chi connectivity index (χ0v) is 13.5. The fourth-order valence-corrected chi connectivity index (χ4v) is 2.53. The molecule has 6 nitrogen and oxygen atoms in total. The van der Waals surface area contributed by atoms with Gasteiger partial charge in [0.25, 0.3) is 15.9 Å². The number of hydrogen-bond donors (Lipinski definition) is 2. The summed E-state index contributed by atoms with van der Waals surface area (Å²) in [4.78, 5) is 17.3. The van der Waals surface area contributed by atoms with Crippen LogP contribution in [0, 0.1) is 0 Å². The van der Waals surface area contributed by atoms with E-state index >= 15 is 0 Å². The number of hydrogen-bond acceptors (Lipinski definition) is 4. The molecule has 0 bridgehead atoms. The van der Waals surface area contributed by atoms with Crippen LogP contribution in [-0.2, 0) is 10.0 Å². The summed E-state index contributed by atoms with van der Waals surface area (Å²) >= 11 is 8.82. The van der Waals surface area contributed by atoms with Crippen LogP contribution in [0.25, 0.3) is 0 Å². The third-order valence-corrected chi connectivity index (χ3v) is 4.40. The van der Waals surface area contributed by atoms with Crippen LogP contribution in [0.15, 0.2) is 52.0 Å². The minimum Gasteiger partial charge on any atom is -0.273 e. The van der Waals surface area contributed by atoms with Gasteiger partial charge >= 0.3 is 0 Å². The van der Waals surface area contributed by atoms with Gasteiger partial charge in [0.05, 0.1) is 0 Å². The first-order valence-electron chi connectivity index (χ1n) is 5.58. The molecule has 0 saturated carbocycles. The Morgan fingerprint density at radius 1 is 1.14 bits per heavy atom. The topological polar surface area (TPSA) is 88.2 Å². The van der Waals surface area contributed by atoms with Crippen molar-refractivity contribution in [1.82, 2.24) is 15.2 Å². The Kier molecular flexibility index (Phi) is 4.94. The smallest absolute Gasteiger partial charge is 0.266 e. The lowest BCUT2D eigenvalue weighted by Gasteiger charge is -2.08. The molecule has 0 radical (unpaired) electrons. The second-order valence-electron chi connectivity index (χ2n) is 3.88. The quantitative estimate of drug-likeness (QED) is 0.618. The second kappa shape index (κ2) is 6.52. The summed E-state index contributed by atoms with van der Waals surface area (Å²) in [6.07, 6.45) is 1.09. The van der Waals surface area contributed by atoms with E-state index in [4.69, 9.17) is 11.6 Å². The van der Waals surface area contributed by atoms with E-state index in [0.29, 0.717) is 5.56 Å². The molecule has 0 aliphatic carbocycles. The molecule has 1 aromatic carbocycles. The van der Waals surface area contributed by atoms with Gasteiger partial charge in [-0.3, -0.25) is 10.2 Å². The van der Waals surface area contributed by atoms with Crippen LogP contribution in [0.2, 0.25) is 5.15 Å². The van der Waals surface area contributed by atoms with Crippen LogP contribution in [0.4, 0.5) is 0 Å². The van der Waals surface area contributed by atoms with Gasteiger partial charge in [0, 0.05) is 16.2 Å². The van der Waals surface area contributed by atoms with Crippen LogP contribution in [0.1, 0.15) is 10.4 Å². The molecule has 2 aromatic rings. The molecule has 1 aromatic heterocycles. The number of amides is 1. The number of benzene rings is 1. The highest BCUT2D eigenvalue weighted by atomic mass is 79.9. The molecule has 0 atom stereocenters. The first kappa shape index (κ1) is 15.9. The molecule has 1 amide bonds. The number of nitrogens with zero attached hydrogens (tertiary/aromatic N) is 1. The molecular weight excluding hydrogens is 382 g/mol. The molecule has 0 aliphatic rings. The van der Waals surface area contributed by atoms with E-state index in [1.54, 1.807) is 24.3 Å². The minimum absolute atomic E-state index is 0.108. The van der Waals surface area contributed by atoms with Gasteiger partial charge in [0.1, 0.15) is 10.0 Å². The van der Waals surface area contributed by atoms with E-state index in [9.17, 15) is 13.2 Å². The van der Waals surface area contributed by atoms with Crippen molar-refractivity contribution in [3.8, 4) is 0 Å². The normalized spacial score (nSPS) is 11.1. The van der Waals surface area contributed by atoms with Crippen LogP contribution in [-0.4, -0.2) is 19.3 Å². The summed E-state index contributed by atoms with van der Waals surface area (Å²) in [6.45, 7) is 0. The Morgan fingerprint density at radius 2 is 1.81 bits per heavy atom. The van der Waals surface area contributed by atoms with Crippen molar-refractivity contribution >= 4 is 43.5 Å². The fourth-order valence-electron chi connectivity index (χ4n) is 1.37. The number of carbonyl (C=O) groups excluding carboxylic acids is 1. The largest absolute Gasteiger partial charge is 0.273 e. The maximum atomic E-state index is 11.9. The number of sulfonamides is 1. The maximum Gasteiger partial charge on any atom is 0.266 e. The predicted molar refractivity (Wildman–Crippen MR) is 81.2 cm³/mol. The molecule has 0 aliphatic heterocycles. The Bertz CT molecular complexity index is 748. The summed E-state index contributed by atoms with van der Waals surface area (Å²) < 4.78 is 24.6. The van der Waals surface area contributed by atoms with Gasteiger partial charge in [-0.15, -0.1) is 4.83 Å². The number of hydrazine groups is 1. The Balaban J connectivity index is 2.06. The molecule has 110 valence electrons. The van der Waals surface area contributed by atoms with E-state index in [1.807, 2.05) is 4.83 Å². The van der Waals surface area contributed by atoms with Crippen LogP contribution < -0.4 is 10.3 Å². The Hall–Kier alpha value is -1.48. The number of rotatable bonds is 4. The van der Waals surface area contributed by atoms with Crippen molar-refractivity contribution in [2.24, 2.45) is 0 Å². The van der Waals surface area contributed by atoms with E-state index in [-0.39, 0.29) is 10.0 Å². The minimum atomic E-state index is -3.90. The average molecular weight is 391 g/mol.